The lowest BCUT2D eigenvalue weighted by atomic mass is 9.95. The van der Waals surface area contributed by atoms with Gasteiger partial charge in [0.05, 0.1) is 5.92 Å². The highest BCUT2D eigenvalue weighted by Gasteiger charge is 2.31. The normalized spacial score (nSPS) is 23.0. The quantitative estimate of drug-likeness (QED) is 0.818. The SMILES string of the molecule is CCN1CCN(C(=O)C2CCCN(Cc3c(F)cccc3Cl)C2)CC1. The molecule has 1 aromatic rings. The third-order valence-electron chi connectivity index (χ3n) is 5.43. The Labute approximate surface area is 154 Å². The molecule has 1 aromatic carbocycles. The van der Waals surface area contributed by atoms with Crippen molar-refractivity contribution in [2.75, 3.05) is 45.8 Å². The van der Waals surface area contributed by atoms with Crippen LogP contribution in [0, 0.1) is 11.7 Å². The molecule has 0 saturated carbocycles. The van der Waals surface area contributed by atoms with E-state index in [0.29, 0.717) is 23.7 Å². The minimum Gasteiger partial charge on any atom is -0.340 e. The number of rotatable bonds is 4. The van der Waals surface area contributed by atoms with Crippen LogP contribution in [0.5, 0.6) is 0 Å². The molecular formula is C19H27ClFN3O. The number of hydrogen-bond donors (Lipinski definition) is 0. The molecule has 25 heavy (non-hydrogen) atoms. The average Bonchev–Trinajstić information content (AvgIpc) is 2.64. The van der Waals surface area contributed by atoms with Gasteiger partial charge < -0.3 is 9.80 Å². The largest absolute Gasteiger partial charge is 0.340 e. The summed E-state index contributed by atoms with van der Waals surface area (Å²) in [5.41, 5.74) is 0.536. The van der Waals surface area contributed by atoms with Crippen molar-refractivity contribution >= 4 is 17.5 Å². The molecule has 2 aliphatic heterocycles. The minimum absolute atomic E-state index is 0.0208. The number of benzene rings is 1. The monoisotopic (exact) mass is 367 g/mol. The van der Waals surface area contributed by atoms with Crippen molar-refractivity contribution in [2.24, 2.45) is 5.92 Å². The highest BCUT2D eigenvalue weighted by molar-refractivity contribution is 6.31. The zero-order chi connectivity index (χ0) is 17.8. The van der Waals surface area contributed by atoms with Gasteiger partial charge >= 0.3 is 0 Å². The van der Waals surface area contributed by atoms with Gasteiger partial charge in [0.2, 0.25) is 5.91 Å². The van der Waals surface area contributed by atoms with E-state index < -0.39 is 0 Å². The maximum atomic E-state index is 14.0. The molecule has 138 valence electrons. The van der Waals surface area contributed by atoms with Crippen molar-refractivity contribution in [3.63, 3.8) is 0 Å². The van der Waals surface area contributed by atoms with Crippen molar-refractivity contribution in [3.8, 4) is 0 Å². The van der Waals surface area contributed by atoms with E-state index >= 15 is 0 Å². The zero-order valence-electron chi connectivity index (χ0n) is 14.9. The first kappa shape index (κ1) is 18.6. The lowest BCUT2D eigenvalue weighted by Crippen LogP contribution is -2.52. The maximum absolute atomic E-state index is 14.0. The second-order valence-corrected chi connectivity index (χ2v) is 7.44. The van der Waals surface area contributed by atoms with Crippen LogP contribution in [-0.4, -0.2) is 66.4 Å². The van der Waals surface area contributed by atoms with Crippen LogP contribution in [0.3, 0.4) is 0 Å². The number of likely N-dealkylation sites (tertiary alicyclic amines) is 1. The molecular weight excluding hydrogens is 341 g/mol. The van der Waals surface area contributed by atoms with Gasteiger partial charge in [0.25, 0.3) is 0 Å². The Hall–Kier alpha value is -1.17. The van der Waals surface area contributed by atoms with Crippen LogP contribution in [0.15, 0.2) is 18.2 Å². The number of amides is 1. The Bertz CT molecular complexity index is 584. The molecule has 0 aromatic heterocycles. The number of piperazine rings is 1. The van der Waals surface area contributed by atoms with Gasteiger partial charge in [0.15, 0.2) is 0 Å². The van der Waals surface area contributed by atoms with Gasteiger partial charge in [0, 0.05) is 49.9 Å². The summed E-state index contributed by atoms with van der Waals surface area (Å²) >= 11 is 6.15. The predicted molar refractivity (Wildman–Crippen MR) is 98.1 cm³/mol. The molecule has 0 spiro atoms. The third-order valence-corrected chi connectivity index (χ3v) is 5.78. The van der Waals surface area contributed by atoms with Crippen molar-refractivity contribution in [2.45, 2.75) is 26.3 Å². The van der Waals surface area contributed by atoms with Gasteiger partial charge in [-0.1, -0.05) is 24.6 Å². The molecule has 2 aliphatic rings. The summed E-state index contributed by atoms with van der Waals surface area (Å²) in [5.74, 6) is 0.0178. The van der Waals surface area contributed by atoms with E-state index in [-0.39, 0.29) is 17.6 Å². The predicted octanol–water partition coefficient (Wildman–Crippen LogP) is 2.86. The first-order valence-corrected chi connectivity index (χ1v) is 9.62. The fraction of sp³-hybridized carbons (Fsp3) is 0.632. The lowest BCUT2D eigenvalue weighted by Gasteiger charge is -2.38. The fourth-order valence-corrected chi connectivity index (χ4v) is 4.07. The zero-order valence-corrected chi connectivity index (χ0v) is 15.6. The van der Waals surface area contributed by atoms with E-state index in [1.807, 2.05) is 4.90 Å². The second kappa shape index (κ2) is 8.47. The molecule has 1 unspecified atom stereocenters. The van der Waals surface area contributed by atoms with Crippen LogP contribution in [0.1, 0.15) is 25.3 Å². The average molecular weight is 368 g/mol. The Morgan fingerprint density at radius 2 is 1.96 bits per heavy atom. The van der Waals surface area contributed by atoms with E-state index in [9.17, 15) is 9.18 Å². The number of carbonyl (C=O) groups is 1. The smallest absolute Gasteiger partial charge is 0.227 e. The van der Waals surface area contributed by atoms with Crippen molar-refractivity contribution in [1.82, 2.24) is 14.7 Å². The van der Waals surface area contributed by atoms with Crippen molar-refractivity contribution in [3.05, 3.63) is 34.6 Å². The molecule has 6 heteroatoms. The summed E-state index contributed by atoms with van der Waals surface area (Å²) in [6.07, 6.45) is 1.89. The van der Waals surface area contributed by atoms with Crippen molar-refractivity contribution in [1.29, 1.82) is 0 Å². The van der Waals surface area contributed by atoms with E-state index in [2.05, 4.69) is 16.7 Å². The molecule has 2 saturated heterocycles. The van der Waals surface area contributed by atoms with E-state index in [1.165, 1.54) is 6.07 Å². The number of hydrogen-bond acceptors (Lipinski definition) is 3. The van der Waals surface area contributed by atoms with E-state index in [0.717, 1.165) is 52.1 Å². The molecule has 0 aliphatic carbocycles. The summed E-state index contributed by atoms with van der Waals surface area (Å²) < 4.78 is 14.0. The molecule has 3 rings (SSSR count). The summed E-state index contributed by atoms with van der Waals surface area (Å²) in [6.45, 7) is 8.82. The Morgan fingerprint density at radius 1 is 1.20 bits per heavy atom. The topological polar surface area (TPSA) is 26.8 Å². The Kier molecular flexibility index (Phi) is 6.31. The molecule has 0 N–H and O–H groups in total. The molecule has 0 radical (unpaired) electrons. The molecule has 4 nitrogen and oxygen atoms in total. The number of halogens is 2. The molecule has 1 amide bonds. The Morgan fingerprint density at radius 3 is 2.64 bits per heavy atom. The molecule has 2 heterocycles. The number of carbonyl (C=O) groups excluding carboxylic acids is 1. The lowest BCUT2D eigenvalue weighted by molar-refractivity contribution is -0.139. The van der Waals surface area contributed by atoms with Gasteiger partial charge in [-0.2, -0.15) is 0 Å². The summed E-state index contributed by atoms with van der Waals surface area (Å²) in [5, 5.41) is 0.462. The highest BCUT2D eigenvalue weighted by Crippen LogP contribution is 2.25. The second-order valence-electron chi connectivity index (χ2n) is 7.03. The standard InChI is InChI=1S/C19H27ClFN3O/c1-2-22-9-11-24(12-10-22)19(25)15-5-4-8-23(13-15)14-16-17(20)6-3-7-18(16)21/h3,6-7,15H,2,4-5,8-14H2,1H3. The van der Waals surface area contributed by atoms with Crippen LogP contribution in [0.4, 0.5) is 4.39 Å². The Balaban J connectivity index is 1.58. The van der Waals surface area contributed by atoms with Crippen LogP contribution < -0.4 is 0 Å². The van der Waals surface area contributed by atoms with Gasteiger partial charge in [-0.3, -0.25) is 9.69 Å². The summed E-state index contributed by atoms with van der Waals surface area (Å²) in [7, 11) is 0. The number of nitrogens with zero attached hydrogens (tertiary/aromatic N) is 3. The van der Waals surface area contributed by atoms with Gasteiger partial charge in [0.1, 0.15) is 5.82 Å². The van der Waals surface area contributed by atoms with Crippen LogP contribution in [-0.2, 0) is 11.3 Å². The highest BCUT2D eigenvalue weighted by atomic mass is 35.5. The first-order chi connectivity index (χ1) is 12.1. The van der Waals surface area contributed by atoms with Crippen LogP contribution >= 0.6 is 11.6 Å². The third kappa shape index (κ3) is 4.52. The van der Waals surface area contributed by atoms with Crippen molar-refractivity contribution < 1.29 is 9.18 Å². The number of likely N-dealkylation sites (N-methyl/N-ethyl adjacent to an activating group) is 1. The first-order valence-electron chi connectivity index (χ1n) is 9.25. The number of piperidine rings is 1. The van der Waals surface area contributed by atoms with Crippen LogP contribution in [0.25, 0.3) is 0 Å². The van der Waals surface area contributed by atoms with Gasteiger partial charge in [-0.25, -0.2) is 4.39 Å². The maximum Gasteiger partial charge on any atom is 0.227 e. The summed E-state index contributed by atoms with van der Waals surface area (Å²) in [6, 6.07) is 4.79. The van der Waals surface area contributed by atoms with Crippen LogP contribution in [0.2, 0.25) is 5.02 Å². The fourth-order valence-electron chi connectivity index (χ4n) is 3.85. The molecule has 1 atom stereocenters. The minimum atomic E-state index is -0.267. The molecule has 2 fully saturated rings. The molecule has 0 bridgehead atoms. The summed E-state index contributed by atoms with van der Waals surface area (Å²) in [4.78, 5) is 19.4. The van der Waals surface area contributed by atoms with Gasteiger partial charge in [-0.05, 0) is 38.1 Å². The van der Waals surface area contributed by atoms with E-state index in [1.54, 1.807) is 12.1 Å². The van der Waals surface area contributed by atoms with Gasteiger partial charge in [-0.15, -0.1) is 0 Å². The van der Waals surface area contributed by atoms with E-state index in [4.69, 9.17) is 11.6 Å².